The molecule has 0 bridgehead atoms. The lowest BCUT2D eigenvalue weighted by Crippen LogP contribution is -2.10. The largest absolute Gasteiger partial charge is 0.319 e. The first-order valence-electron chi connectivity index (χ1n) is 3.25. The maximum atomic E-state index is 10.9. The Balaban J connectivity index is 2.89. The van der Waals surface area contributed by atoms with Crippen molar-refractivity contribution >= 4 is 56.8 Å². The lowest BCUT2D eigenvalue weighted by molar-refractivity contribution is -0.111. The Labute approximate surface area is 103 Å². The van der Waals surface area contributed by atoms with Crippen LogP contribution in [0.1, 0.15) is 0 Å². The minimum absolute atomic E-state index is 0.261. The number of rotatable bonds is 2. The van der Waals surface area contributed by atoms with Crippen LogP contribution in [-0.4, -0.2) is 15.9 Å². The van der Waals surface area contributed by atoms with Gasteiger partial charge < -0.3 is 5.32 Å². The molecule has 68 valence electrons. The van der Waals surface area contributed by atoms with E-state index < -0.39 is 0 Å². The molecule has 1 N–H and O–H groups in total. The van der Waals surface area contributed by atoms with Gasteiger partial charge >= 0.3 is 0 Å². The zero-order chi connectivity index (χ0) is 9.84. The molecule has 0 saturated heterocycles. The molecule has 6 heteroatoms. The Morgan fingerprint density at radius 1 is 1.62 bits per heavy atom. The normalized spacial score (nSPS) is 9.38. The first kappa shape index (κ1) is 10.8. The fourth-order valence-corrected chi connectivity index (χ4v) is 1.95. The highest BCUT2D eigenvalue weighted by Crippen LogP contribution is 2.14. The third-order valence-corrected chi connectivity index (χ3v) is 2.50. The van der Waals surface area contributed by atoms with Gasteiger partial charge in [0.15, 0.2) is 3.83 Å². The predicted molar refractivity (Wildman–Crippen MR) is 66.3 cm³/mol. The Bertz CT molecular complexity index is 354. The highest BCUT2D eigenvalue weighted by Gasteiger charge is 2.04. The van der Waals surface area contributed by atoms with Gasteiger partial charge in [-0.15, -0.1) is 0 Å². The van der Waals surface area contributed by atoms with Crippen molar-refractivity contribution in [1.29, 1.82) is 0 Å². The van der Waals surface area contributed by atoms with E-state index in [1.54, 1.807) is 6.20 Å². The number of hydrogen-bond acceptors (Lipinski definition) is 3. The van der Waals surface area contributed by atoms with Crippen molar-refractivity contribution in [1.82, 2.24) is 9.97 Å². The zero-order valence-electron chi connectivity index (χ0n) is 6.42. The molecule has 1 aromatic heterocycles. The minimum atomic E-state index is -0.261. The number of amides is 1. The van der Waals surface area contributed by atoms with Crippen LogP contribution in [0, 0.1) is 7.53 Å². The molecule has 1 amide bonds. The lowest BCUT2D eigenvalue weighted by Gasteiger charge is -2.02. The van der Waals surface area contributed by atoms with Gasteiger partial charge in [0, 0.05) is 22.6 Å². The van der Waals surface area contributed by atoms with Crippen molar-refractivity contribution in [2.45, 2.75) is 0 Å². The van der Waals surface area contributed by atoms with Gasteiger partial charge in [-0.25, -0.2) is 9.97 Å². The van der Waals surface area contributed by atoms with E-state index in [2.05, 4.69) is 21.9 Å². The van der Waals surface area contributed by atoms with Crippen molar-refractivity contribution in [2.75, 3.05) is 5.32 Å². The summed E-state index contributed by atoms with van der Waals surface area (Å²) < 4.78 is 1.37. The van der Waals surface area contributed by atoms with E-state index in [1.165, 1.54) is 6.08 Å². The molecule has 0 unspecified atom stereocenters. The van der Waals surface area contributed by atoms with Crippen LogP contribution in [0.5, 0.6) is 0 Å². The molecule has 0 aliphatic rings. The SMILES string of the molecule is C=CC(=O)Nc1cnc(I)nc1I. The van der Waals surface area contributed by atoms with Crippen molar-refractivity contribution < 1.29 is 4.79 Å². The van der Waals surface area contributed by atoms with Crippen LogP contribution >= 0.6 is 45.2 Å². The second-order valence-corrected chi connectivity index (χ2v) is 4.02. The quantitative estimate of drug-likeness (QED) is 0.356. The Kier molecular flexibility index (Phi) is 4.03. The summed E-state index contributed by atoms with van der Waals surface area (Å²) in [5.41, 5.74) is 0.603. The topological polar surface area (TPSA) is 54.9 Å². The van der Waals surface area contributed by atoms with Crippen molar-refractivity contribution in [2.24, 2.45) is 0 Å². The summed E-state index contributed by atoms with van der Waals surface area (Å²) in [6, 6.07) is 0. The van der Waals surface area contributed by atoms with E-state index in [9.17, 15) is 4.79 Å². The van der Waals surface area contributed by atoms with Crippen molar-refractivity contribution in [3.8, 4) is 0 Å². The molecule has 0 saturated carbocycles. The molecule has 4 nitrogen and oxygen atoms in total. The van der Waals surface area contributed by atoms with Crippen LogP contribution in [0.3, 0.4) is 0 Å². The second kappa shape index (κ2) is 4.84. The van der Waals surface area contributed by atoms with Gasteiger partial charge in [0.2, 0.25) is 5.91 Å². The summed E-state index contributed by atoms with van der Waals surface area (Å²) in [4.78, 5) is 19.0. The van der Waals surface area contributed by atoms with Crippen LogP contribution in [0.4, 0.5) is 5.69 Å². The van der Waals surface area contributed by atoms with Crippen LogP contribution < -0.4 is 5.32 Å². The average Bonchev–Trinajstić information content (AvgIpc) is 2.09. The minimum Gasteiger partial charge on any atom is -0.319 e. The number of aromatic nitrogens is 2. The molecule has 1 aromatic rings. The number of nitrogens with zero attached hydrogens (tertiary/aromatic N) is 2. The Hall–Kier alpha value is -0.250. The monoisotopic (exact) mass is 401 g/mol. The number of nitrogens with one attached hydrogen (secondary N) is 1. The lowest BCUT2D eigenvalue weighted by atomic mass is 10.5. The van der Waals surface area contributed by atoms with Gasteiger partial charge in [-0.3, -0.25) is 4.79 Å². The van der Waals surface area contributed by atoms with E-state index in [0.29, 0.717) is 13.2 Å². The molecular weight excluding hydrogens is 396 g/mol. The number of carbonyl (C=O) groups excluding carboxylic acids is 1. The van der Waals surface area contributed by atoms with Gasteiger partial charge in [0.1, 0.15) is 3.70 Å². The number of carbonyl (C=O) groups is 1. The molecule has 1 rings (SSSR count). The van der Waals surface area contributed by atoms with E-state index in [4.69, 9.17) is 0 Å². The van der Waals surface area contributed by atoms with Gasteiger partial charge in [0.05, 0.1) is 11.9 Å². The molecule has 0 aromatic carbocycles. The first-order chi connectivity index (χ1) is 6.13. The molecule has 13 heavy (non-hydrogen) atoms. The fraction of sp³-hybridized carbons (Fsp3) is 0. The summed E-state index contributed by atoms with van der Waals surface area (Å²) >= 11 is 4.04. The Morgan fingerprint density at radius 2 is 2.31 bits per heavy atom. The molecule has 0 radical (unpaired) electrons. The van der Waals surface area contributed by atoms with E-state index >= 15 is 0 Å². The summed E-state index contributed by atoms with van der Waals surface area (Å²) in [5.74, 6) is -0.261. The van der Waals surface area contributed by atoms with E-state index in [-0.39, 0.29) is 5.91 Å². The van der Waals surface area contributed by atoms with Crippen LogP contribution in [-0.2, 0) is 4.79 Å². The second-order valence-electron chi connectivity index (χ2n) is 2.04. The maximum Gasteiger partial charge on any atom is 0.247 e. The summed E-state index contributed by atoms with van der Waals surface area (Å²) in [7, 11) is 0. The summed E-state index contributed by atoms with van der Waals surface area (Å²) in [6.07, 6.45) is 2.77. The molecular formula is C7H5I2N3O. The highest BCUT2D eigenvalue weighted by molar-refractivity contribution is 14.1. The van der Waals surface area contributed by atoms with Gasteiger partial charge in [-0.1, -0.05) is 6.58 Å². The third kappa shape index (κ3) is 3.18. The van der Waals surface area contributed by atoms with Gasteiger partial charge in [0.25, 0.3) is 0 Å². The summed E-state index contributed by atoms with van der Waals surface area (Å²) in [6.45, 7) is 3.35. The molecule has 0 aliphatic carbocycles. The van der Waals surface area contributed by atoms with E-state index in [0.717, 1.165) is 0 Å². The van der Waals surface area contributed by atoms with Crippen LogP contribution in [0.25, 0.3) is 0 Å². The van der Waals surface area contributed by atoms with Crippen molar-refractivity contribution in [3.05, 3.63) is 26.4 Å². The molecule has 0 spiro atoms. The predicted octanol–water partition coefficient (Wildman–Crippen LogP) is 1.81. The van der Waals surface area contributed by atoms with Crippen molar-refractivity contribution in [3.63, 3.8) is 0 Å². The number of halogens is 2. The van der Waals surface area contributed by atoms with E-state index in [1.807, 2.05) is 45.2 Å². The smallest absolute Gasteiger partial charge is 0.247 e. The summed E-state index contributed by atoms with van der Waals surface area (Å²) in [5, 5.41) is 2.59. The number of anilines is 1. The molecule has 0 aliphatic heterocycles. The molecule has 1 heterocycles. The van der Waals surface area contributed by atoms with Gasteiger partial charge in [-0.2, -0.15) is 0 Å². The molecule has 0 atom stereocenters. The molecule has 0 fully saturated rings. The maximum absolute atomic E-state index is 10.9. The van der Waals surface area contributed by atoms with Gasteiger partial charge in [-0.05, 0) is 28.7 Å². The Morgan fingerprint density at radius 3 is 2.85 bits per heavy atom. The highest BCUT2D eigenvalue weighted by atomic mass is 127. The standard InChI is InChI=1S/C7H5I2N3O/c1-2-5(13)11-4-3-10-7(9)12-6(4)8/h2-3H,1H2,(H,11,13). The average molecular weight is 401 g/mol. The van der Waals surface area contributed by atoms with Crippen LogP contribution in [0.2, 0.25) is 0 Å². The zero-order valence-corrected chi connectivity index (χ0v) is 10.7. The number of hydrogen-bond donors (Lipinski definition) is 1. The van der Waals surface area contributed by atoms with Crippen LogP contribution in [0.15, 0.2) is 18.9 Å². The first-order valence-corrected chi connectivity index (χ1v) is 5.40. The fourth-order valence-electron chi connectivity index (χ4n) is 0.609. The third-order valence-electron chi connectivity index (χ3n) is 1.16.